The van der Waals surface area contributed by atoms with E-state index in [2.05, 4.69) is 26.6 Å². The summed E-state index contributed by atoms with van der Waals surface area (Å²) in [5.41, 5.74) is -0.677. The Bertz CT molecular complexity index is 1480. The van der Waals surface area contributed by atoms with Gasteiger partial charge in [-0.05, 0) is 68.8 Å². The molecule has 0 bridgehead atoms. The number of amides is 7. The average Bonchev–Trinajstić information content (AvgIpc) is 3.48. The van der Waals surface area contributed by atoms with Crippen LogP contribution >= 0.6 is 0 Å². The lowest BCUT2D eigenvalue weighted by molar-refractivity contribution is -0.146. The van der Waals surface area contributed by atoms with Crippen LogP contribution in [0.3, 0.4) is 0 Å². The van der Waals surface area contributed by atoms with Crippen LogP contribution in [0.5, 0.6) is 0 Å². The highest BCUT2D eigenvalue weighted by atomic mass is 16.2. The van der Waals surface area contributed by atoms with E-state index in [-0.39, 0.29) is 30.2 Å². The van der Waals surface area contributed by atoms with Crippen LogP contribution in [0.25, 0.3) is 0 Å². The fourth-order valence-corrected chi connectivity index (χ4v) is 6.62. The molecule has 0 radical (unpaired) electrons. The molecule has 2 aliphatic rings. The summed E-state index contributed by atoms with van der Waals surface area (Å²) in [6, 6.07) is 4.13. The van der Waals surface area contributed by atoms with Gasteiger partial charge >= 0.3 is 6.03 Å². The number of nitrogens with one attached hydrogen (secondary N) is 5. The minimum atomic E-state index is -1.16. The SMILES string of the molecule is CC(C)[C@H]1CCN(C(=O)[C@@H](NC(=O)NC(C)(C)C)C(C)(C)C)[C@@H]1C(=O)NC(C(=O)C(=O)NCC(=O)N[C@H](C(=O)N(C)C)c1ccccc1)C1CCC1. The van der Waals surface area contributed by atoms with Crippen molar-refractivity contribution in [2.24, 2.45) is 23.2 Å². The second-order valence-corrected chi connectivity index (χ2v) is 16.7. The van der Waals surface area contributed by atoms with Crippen molar-refractivity contribution in [1.82, 2.24) is 36.4 Å². The minimum absolute atomic E-state index is 0.0116. The summed E-state index contributed by atoms with van der Waals surface area (Å²) in [5, 5.41) is 13.5. The fourth-order valence-electron chi connectivity index (χ4n) is 6.62. The summed E-state index contributed by atoms with van der Waals surface area (Å²) in [6.07, 6.45) is 2.61. The fraction of sp³-hybridized carbons (Fsp3) is 0.658. The number of urea groups is 1. The van der Waals surface area contributed by atoms with E-state index in [1.54, 1.807) is 44.4 Å². The van der Waals surface area contributed by atoms with Crippen LogP contribution in [0.4, 0.5) is 4.79 Å². The molecule has 1 saturated heterocycles. The molecule has 1 aromatic carbocycles. The molecule has 1 heterocycles. The number of nitrogens with zero attached hydrogens (tertiary/aromatic N) is 2. The molecule has 1 aromatic rings. The van der Waals surface area contributed by atoms with Crippen molar-refractivity contribution >= 4 is 41.4 Å². The first-order chi connectivity index (χ1) is 24.1. The van der Waals surface area contributed by atoms with E-state index in [1.165, 1.54) is 9.80 Å². The van der Waals surface area contributed by atoms with Crippen molar-refractivity contribution in [2.75, 3.05) is 27.2 Å². The van der Waals surface area contributed by atoms with Gasteiger partial charge in [0.05, 0.1) is 6.54 Å². The average molecular weight is 726 g/mol. The molecular weight excluding hydrogens is 666 g/mol. The van der Waals surface area contributed by atoms with E-state index in [4.69, 9.17) is 0 Å². The van der Waals surface area contributed by atoms with Gasteiger partial charge in [0, 0.05) is 26.2 Å². The molecule has 5 N–H and O–H groups in total. The van der Waals surface area contributed by atoms with E-state index in [9.17, 15) is 33.6 Å². The van der Waals surface area contributed by atoms with E-state index in [1.807, 2.05) is 55.4 Å². The summed E-state index contributed by atoms with van der Waals surface area (Å²) in [7, 11) is 3.13. The Morgan fingerprint density at radius 1 is 0.865 bits per heavy atom. The first-order valence-electron chi connectivity index (χ1n) is 18.2. The van der Waals surface area contributed by atoms with Gasteiger partial charge in [-0.15, -0.1) is 0 Å². The molecule has 52 heavy (non-hydrogen) atoms. The summed E-state index contributed by atoms with van der Waals surface area (Å²) in [4.78, 5) is 96.7. The highest BCUT2D eigenvalue weighted by Crippen LogP contribution is 2.35. The van der Waals surface area contributed by atoms with Crippen LogP contribution in [0.2, 0.25) is 0 Å². The number of Topliss-reactive ketones (excluding diaryl/α,β-unsaturated/α-hetero) is 1. The van der Waals surface area contributed by atoms with E-state index < -0.39 is 77.1 Å². The zero-order valence-electron chi connectivity index (χ0n) is 32.4. The quantitative estimate of drug-likeness (QED) is 0.193. The second-order valence-electron chi connectivity index (χ2n) is 16.7. The lowest BCUT2D eigenvalue weighted by Gasteiger charge is -2.38. The number of likely N-dealkylation sites (N-methyl/N-ethyl adjacent to an activating group) is 1. The lowest BCUT2D eigenvalue weighted by Crippen LogP contribution is -2.62. The van der Waals surface area contributed by atoms with Crippen LogP contribution < -0.4 is 26.6 Å². The molecular formula is C38H59N7O7. The summed E-state index contributed by atoms with van der Waals surface area (Å²) in [5.74, 6) is -4.42. The topological polar surface area (TPSA) is 186 Å². The first kappa shape index (κ1) is 41.9. The van der Waals surface area contributed by atoms with Crippen molar-refractivity contribution in [3.8, 4) is 0 Å². The van der Waals surface area contributed by atoms with Gasteiger partial charge in [0.1, 0.15) is 24.2 Å². The van der Waals surface area contributed by atoms with Crippen LogP contribution in [0.15, 0.2) is 30.3 Å². The van der Waals surface area contributed by atoms with Gasteiger partial charge in [-0.25, -0.2) is 4.79 Å². The number of benzene rings is 1. The van der Waals surface area contributed by atoms with Crippen LogP contribution in [0, 0.1) is 23.2 Å². The molecule has 1 unspecified atom stereocenters. The normalized spacial score (nSPS) is 19.4. The van der Waals surface area contributed by atoms with Crippen molar-refractivity contribution in [2.45, 2.75) is 111 Å². The molecule has 288 valence electrons. The molecule has 14 heteroatoms. The maximum absolute atomic E-state index is 14.2. The van der Waals surface area contributed by atoms with E-state index in [0.717, 1.165) is 6.42 Å². The van der Waals surface area contributed by atoms with Crippen molar-refractivity contribution < 1.29 is 33.6 Å². The minimum Gasteiger partial charge on any atom is -0.347 e. The molecule has 14 nitrogen and oxygen atoms in total. The standard InChI is InChI=1S/C38H59N7O7/c1-22(2)25-19-20-45(35(51)31(37(3,4)5)42-36(52)43-38(6,7)8)29(25)32(48)41-27(23-17-14-18-23)30(47)33(49)39-21-26(46)40-28(34(50)44(9)10)24-15-12-11-13-16-24/h11-13,15-16,22-23,25,27-29,31H,14,17-21H2,1-10H3,(H,39,49)(H,40,46)(H,41,48)(H2,42,43,52)/t25-,27?,28+,29+,31-/m1/s1. The molecule has 0 spiro atoms. The predicted octanol–water partition coefficient (Wildman–Crippen LogP) is 2.29. The summed E-state index contributed by atoms with van der Waals surface area (Å²) in [6.45, 7) is 14.7. The summed E-state index contributed by atoms with van der Waals surface area (Å²) >= 11 is 0. The van der Waals surface area contributed by atoms with E-state index >= 15 is 0 Å². The zero-order chi connectivity index (χ0) is 39.1. The van der Waals surface area contributed by atoms with Crippen molar-refractivity contribution in [3.63, 3.8) is 0 Å². The third-order valence-electron chi connectivity index (χ3n) is 9.69. The summed E-state index contributed by atoms with van der Waals surface area (Å²) < 4.78 is 0. The van der Waals surface area contributed by atoms with Crippen molar-refractivity contribution in [3.05, 3.63) is 35.9 Å². The van der Waals surface area contributed by atoms with Crippen molar-refractivity contribution in [1.29, 1.82) is 0 Å². The Kier molecular flexibility index (Phi) is 14.0. The molecule has 2 fully saturated rings. The second kappa shape index (κ2) is 17.4. The maximum Gasteiger partial charge on any atom is 0.315 e. The van der Waals surface area contributed by atoms with Gasteiger partial charge in [-0.2, -0.15) is 0 Å². The monoisotopic (exact) mass is 725 g/mol. The highest BCUT2D eigenvalue weighted by molar-refractivity contribution is 6.38. The Balaban J connectivity index is 1.77. The number of carbonyl (C=O) groups excluding carboxylic acids is 7. The number of likely N-dealkylation sites (tertiary alicyclic amines) is 1. The Morgan fingerprint density at radius 2 is 1.48 bits per heavy atom. The van der Waals surface area contributed by atoms with Gasteiger partial charge in [0.2, 0.25) is 29.4 Å². The number of carbonyl (C=O) groups is 7. The number of ketones is 1. The van der Waals surface area contributed by atoms with Crippen LogP contribution in [-0.4, -0.2) is 102 Å². The lowest BCUT2D eigenvalue weighted by atomic mass is 9.77. The predicted molar refractivity (Wildman–Crippen MR) is 196 cm³/mol. The third-order valence-corrected chi connectivity index (χ3v) is 9.69. The van der Waals surface area contributed by atoms with Gasteiger partial charge in [-0.3, -0.25) is 28.8 Å². The molecule has 0 aromatic heterocycles. The third kappa shape index (κ3) is 11.0. The van der Waals surface area contributed by atoms with Gasteiger partial charge in [-0.1, -0.05) is 71.4 Å². The van der Waals surface area contributed by atoms with E-state index in [0.29, 0.717) is 24.8 Å². The Labute approximate surface area is 307 Å². The largest absolute Gasteiger partial charge is 0.347 e. The highest BCUT2D eigenvalue weighted by Gasteiger charge is 2.48. The van der Waals surface area contributed by atoms with Crippen LogP contribution in [0.1, 0.15) is 92.7 Å². The first-order valence-corrected chi connectivity index (χ1v) is 18.2. The molecule has 3 rings (SSSR count). The number of rotatable bonds is 13. The molecule has 1 aliphatic carbocycles. The number of hydrogen-bond acceptors (Lipinski definition) is 7. The smallest absolute Gasteiger partial charge is 0.315 e. The molecule has 1 saturated carbocycles. The molecule has 1 aliphatic heterocycles. The van der Waals surface area contributed by atoms with Gasteiger partial charge in [0.15, 0.2) is 0 Å². The molecule has 7 amide bonds. The number of hydrogen-bond donors (Lipinski definition) is 5. The maximum atomic E-state index is 14.2. The Morgan fingerprint density at radius 3 is 1.98 bits per heavy atom. The zero-order valence-corrected chi connectivity index (χ0v) is 32.4. The van der Waals surface area contributed by atoms with Gasteiger partial charge in [0.25, 0.3) is 5.91 Å². The molecule has 5 atom stereocenters. The van der Waals surface area contributed by atoms with Crippen LogP contribution in [-0.2, 0) is 28.8 Å². The Hall–Kier alpha value is -4.49. The van der Waals surface area contributed by atoms with Gasteiger partial charge < -0.3 is 36.4 Å².